The summed E-state index contributed by atoms with van der Waals surface area (Å²) in [7, 11) is -1.10. The summed E-state index contributed by atoms with van der Waals surface area (Å²) in [6.07, 6.45) is 0.385. The van der Waals surface area contributed by atoms with Crippen molar-refractivity contribution in [1.29, 1.82) is 0 Å². The highest BCUT2D eigenvalue weighted by Gasteiger charge is 2.40. The molecule has 0 saturated carbocycles. The van der Waals surface area contributed by atoms with E-state index >= 15 is 0 Å². The van der Waals surface area contributed by atoms with E-state index in [4.69, 9.17) is 21.9 Å². The van der Waals surface area contributed by atoms with Gasteiger partial charge in [0.05, 0.1) is 11.6 Å². The minimum Gasteiger partial charge on any atom is -0.423 e. The topological polar surface area (TPSA) is 186 Å². The van der Waals surface area contributed by atoms with Crippen LogP contribution >= 0.6 is 0 Å². The molecular formula is C30H45BN6O5. The summed E-state index contributed by atoms with van der Waals surface area (Å²) in [6.45, 7) is 9.29. The summed E-state index contributed by atoms with van der Waals surface area (Å²) in [4.78, 5) is 40.8. The Morgan fingerprint density at radius 2 is 1.67 bits per heavy atom. The van der Waals surface area contributed by atoms with E-state index in [2.05, 4.69) is 24.5 Å². The van der Waals surface area contributed by atoms with E-state index in [-0.39, 0.29) is 25.2 Å². The molecule has 11 nitrogen and oxygen atoms in total. The van der Waals surface area contributed by atoms with E-state index in [0.29, 0.717) is 43.2 Å². The predicted molar refractivity (Wildman–Crippen MR) is 165 cm³/mol. The number of nitrogens with zero attached hydrogens (tertiary/aromatic N) is 1. The van der Waals surface area contributed by atoms with Gasteiger partial charge in [-0.25, -0.2) is 0 Å². The van der Waals surface area contributed by atoms with Crippen LogP contribution in [-0.4, -0.2) is 73.0 Å². The number of rotatable bonds is 14. The van der Waals surface area contributed by atoms with E-state index in [1.54, 1.807) is 17.0 Å². The first kappa shape index (κ1) is 33.2. The minimum absolute atomic E-state index is 0.0536. The number of hydrogen-bond acceptors (Lipinski definition) is 8. The minimum atomic E-state index is -1.10. The van der Waals surface area contributed by atoms with Crippen LogP contribution in [0, 0.1) is 0 Å². The number of carbonyl (C=O) groups is 3. The Bertz CT molecular complexity index is 1230. The molecule has 2 unspecified atom stereocenters. The lowest BCUT2D eigenvalue weighted by Crippen LogP contribution is -2.51. The SMILES string of the molecule is CC(C)c1ccc(CC(NC(=O)C(N)CCC(=O)N(CCN)CCN)C(=O)Nc2ccc3c(c2)B(O)OC3(C)C)cc1. The van der Waals surface area contributed by atoms with Crippen molar-refractivity contribution in [3.63, 3.8) is 0 Å². The first-order chi connectivity index (χ1) is 19.9. The summed E-state index contributed by atoms with van der Waals surface area (Å²) in [5.74, 6) is -0.803. The van der Waals surface area contributed by atoms with Crippen LogP contribution in [0.5, 0.6) is 0 Å². The molecule has 2 aromatic carbocycles. The van der Waals surface area contributed by atoms with Gasteiger partial charge in [-0.3, -0.25) is 14.4 Å². The first-order valence-corrected chi connectivity index (χ1v) is 14.5. The maximum absolute atomic E-state index is 13.5. The first-order valence-electron chi connectivity index (χ1n) is 14.5. The van der Waals surface area contributed by atoms with Crippen molar-refractivity contribution in [1.82, 2.24) is 10.2 Å². The molecule has 0 spiro atoms. The van der Waals surface area contributed by atoms with Crippen LogP contribution in [0.2, 0.25) is 0 Å². The molecular weight excluding hydrogens is 535 g/mol. The highest BCUT2D eigenvalue weighted by atomic mass is 16.5. The highest BCUT2D eigenvalue weighted by Crippen LogP contribution is 2.30. The van der Waals surface area contributed by atoms with Gasteiger partial charge < -0.3 is 42.4 Å². The number of amides is 3. The third-order valence-electron chi connectivity index (χ3n) is 7.52. The summed E-state index contributed by atoms with van der Waals surface area (Å²) in [5, 5.41) is 16.0. The van der Waals surface area contributed by atoms with Gasteiger partial charge in [0, 0.05) is 44.7 Å². The largest absolute Gasteiger partial charge is 0.492 e. The highest BCUT2D eigenvalue weighted by molar-refractivity contribution is 6.62. The van der Waals surface area contributed by atoms with Crippen molar-refractivity contribution in [2.45, 2.75) is 70.6 Å². The quantitative estimate of drug-likeness (QED) is 0.172. The van der Waals surface area contributed by atoms with Crippen molar-refractivity contribution >= 4 is 36.0 Å². The Morgan fingerprint density at radius 3 is 2.26 bits per heavy atom. The summed E-state index contributed by atoms with van der Waals surface area (Å²) >= 11 is 0. The lowest BCUT2D eigenvalue weighted by molar-refractivity contribution is -0.131. The molecule has 12 heteroatoms. The van der Waals surface area contributed by atoms with Crippen LogP contribution in [0.3, 0.4) is 0 Å². The van der Waals surface area contributed by atoms with Gasteiger partial charge in [0.25, 0.3) is 0 Å². The van der Waals surface area contributed by atoms with Crippen LogP contribution in [0.25, 0.3) is 0 Å². The fourth-order valence-corrected chi connectivity index (χ4v) is 5.03. The molecule has 1 aliphatic heterocycles. The molecule has 2 aromatic rings. The van der Waals surface area contributed by atoms with Gasteiger partial charge in [-0.05, 0) is 60.5 Å². The zero-order valence-electron chi connectivity index (χ0n) is 25.1. The second-order valence-electron chi connectivity index (χ2n) is 11.5. The molecule has 1 aliphatic rings. The van der Waals surface area contributed by atoms with Crippen molar-refractivity contribution in [3.8, 4) is 0 Å². The summed E-state index contributed by atoms with van der Waals surface area (Å²) < 4.78 is 5.62. The average Bonchev–Trinajstić information content (AvgIpc) is 3.18. The molecule has 0 aromatic heterocycles. The average molecular weight is 581 g/mol. The Labute approximate surface area is 248 Å². The lowest BCUT2D eigenvalue weighted by atomic mass is 9.78. The van der Waals surface area contributed by atoms with Gasteiger partial charge in [-0.15, -0.1) is 0 Å². The van der Waals surface area contributed by atoms with Crippen molar-refractivity contribution in [2.75, 3.05) is 31.5 Å². The zero-order chi connectivity index (χ0) is 31.0. The van der Waals surface area contributed by atoms with E-state index in [0.717, 1.165) is 16.7 Å². The molecule has 42 heavy (non-hydrogen) atoms. The second kappa shape index (κ2) is 14.7. The molecule has 0 saturated heterocycles. The van der Waals surface area contributed by atoms with Crippen molar-refractivity contribution in [2.24, 2.45) is 17.2 Å². The van der Waals surface area contributed by atoms with Gasteiger partial charge in [0.1, 0.15) is 6.04 Å². The van der Waals surface area contributed by atoms with Crippen LogP contribution < -0.4 is 33.3 Å². The molecule has 3 rings (SSSR count). The van der Waals surface area contributed by atoms with Gasteiger partial charge in [0.2, 0.25) is 17.7 Å². The third-order valence-corrected chi connectivity index (χ3v) is 7.52. The molecule has 0 bridgehead atoms. The number of anilines is 1. The molecule has 0 aliphatic carbocycles. The fourth-order valence-electron chi connectivity index (χ4n) is 5.03. The maximum atomic E-state index is 13.5. The molecule has 228 valence electrons. The Balaban J connectivity index is 1.74. The van der Waals surface area contributed by atoms with Crippen LogP contribution in [0.4, 0.5) is 5.69 Å². The fraction of sp³-hybridized carbons (Fsp3) is 0.500. The summed E-state index contributed by atoms with van der Waals surface area (Å²) in [6, 6.07) is 11.2. The molecule has 3 amide bonds. The molecule has 1 heterocycles. The Morgan fingerprint density at radius 1 is 1.02 bits per heavy atom. The lowest BCUT2D eigenvalue weighted by Gasteiger charge is -2.23. The standard InChI is InChI=1S/C30H45BN6O5/c1-19(2)21-7-5-20(6-8-21)17-26(36-28(39)25(34)11-12-27(38)37(15-13-32)16-14-33)29(40)35-22-9-10-23-24(18-22)31(41)42-30(23,3)4/h5-10,18-19,25-26,41H,11-17,32-34H2,1-4H3,(H,35,40)(H,36,39). The van der Waals surface area contributed by atoms with E-state index in [1.807, 2.05) is 44.2 Å². The number of benzene rings is 2. The monoisotopic (exact) mass is 580 g/mol. The van der Waals surface area contributed by atoms with E-state index in [1.165, 1.54) is 0 Å². The molecule has 0 radical (unpaired) electrons. The van der Waals surface area contributed by atoms with Gasteiger partial charge >= 0.3 is 7.12 Å². The van der Waals surface area contributed by atoms with Crippen LogP contribution in [0.1, 0.15) is 63.1 Å². The van der Waals surface area contributed by atoms with Crippen LogP contribution in [-0.2, 0) is 31.1 Å². The summed E-state index contributed by atoms with van der Waals surface area (Å²) in [5.41, 5.74) is 20.6. The third kappa shape index (κ3) is 8.62. The zero-order valence-corrected chi connectivity index (χ0v) is 25.1. The second-order valence-corrected chi connectivity index (χ2v) is 11.5. The Kier molecular flexibility index (Phi) is 11.7. The maximum Gasteiger partial charge on any atom is 0.492 e. The number of carbonyl (C=O) groups excluding carboxylic acids is 3. The Hall–Kier alpha value is -3.29. The number of nitrogens with one attached hydrogen (secondary N) is 2. The number of hydrogen-bond donors (Lipinski definition) is 6. The normalized spacial score (nSPS) is 15.2. The van der Waals surface area contributed by atoms with Gasteiger partial charge in [-0.1, -0.05) is 44.2 Å². The van der Waals surface area contributed by atoms with Gasteiger partial charge in [-0.2, -0.15) is 0 Å². The predicted octanol–water partition coefficient (Wildman–Crippen LogP) is 0.282. The van der Waals surface area contributed by atoms with Crippen molar-refractivity contribution < 1.29 is 24.1 Å². The molecule has 9 N–H and O–H groups in total. The number of fused-ring (bicyclic) bond motifs is 1. The van der Waals surface area contributed by atoms with Crippen molar-refractivity contribution in [3.05, 3.63) is 59.2 Å². The molecule has 0 fully saturated rings. The smallest absolute Gasteiger partial charge is 0.423 e. The molecule has 2 atom stereocenters. The van der Waals surface area contributed by atoms with E-state index in [9.17, 15) is 19.4 Å². The number of nitrogens with two attached hydrogens (primary N) is 3. The van der Waals surface area contributed by atoms with E-state index < -0.39 is 36.6 Å². The van der Waals surface area contributed by atoms with Gasteiger partial charge in [0.15, 0.2) is 0 Å². The van der Waals surface area contributed by atoms with Crippen LogP contribution in [0.15, 0.2) is 42.5 Å².